The van der Waals surface area contributed by atoms with Crippen molar-refractivity contribution in [2.24, 2.45) is 0 Å². The summed E-state index contributed by atoms with van der Waals surface area (Å²) in [4.78, 5) is 15.4. The quantitative estimate of drug-likeness (QED) is 0.524. The molecule has 0 spiro atoms. The molecule has 132 valence electrons. The average molecular weight is 418 g/mol. The summed E-state index contributed by atoms with van der Waals surface area (Å²) in [5.41, 5.74) is -2.76. The summed E-state index contributed by atoms with van der Waals surface area (Å²) in [5.74, 6) is -1.24. The minimum Gasteiger partial charge on any atom is -0.297 e. The van der Waals surface area contributed by atoms with Crippen molar-refractivity contribution in [3.63, 3.8) is 0 Å². The molecule has 0 saturated carbocycles. The van der Waals surface area contributed by atoms with Crippen LogP contribution in [0, 0.1) is 12.5 Å². The fourth-order valence-corrected chi connectivity index (χ4v) is 2.44. The molecule has 1 heterocycles. The normalized spacial score (nSPS) is 12.1. The minimum atomic E-state index is -4.69. The van der Waals surface area contributed by atoms with Crippen LogP contribution in [0.15, 0.2) is 28.9 Å². The third-order valence-corrected chi connectivity index (χ3v) is 4.27. The van der Waals surface area contributed by atoms with Gasteiger partial charge in [0, 0.05) is 12.6 Å². The lowest BCUT2D eigenvalue weighted by Gasteiger charge is -2.24. The Balaban J connectivity index is 2.33. The molecule has 0 atom stereocenters. The van der Waals surface area contributed by atoms with Crippen LogP contribution in [0.1, 0.15) is 25.0 Å². The Hall–Kier alpha value is -2.21. The zero-order valence-electron chi connectivity index (χ0n) is 13.2. The maximum Gasteiger partial charge on any atom is 0.407 e. The Morgan fingerprint density at radius 3 is 2.48 bits per heavy atom. The standard InChI is InChI=1S/C16H12BrF4N3O/c1-15(2,24-8-11(17)14(18)23-24)13(25)7-9-4-5-12(22-3)10(6-9)16(19,20)21/h4-6,8H,7H2,1-2H3. The number of nitrogens with zero attached hydrogens (tertiary/aromatic N) is 3. The SMILES string of the molecule is [C-]#[N+]c1ccc(CC(=O)C(C)(C)n2cc(Br)c(F)n2)cc1C(F)(F)F. The number of halogens is 5. The predicted molar refractivity (Wildman–Crippen MR) is 85.6 cm³/mol. The molecule has 4 nitrogen and oxygen atoms in total. The van der Waals surface area contributed by atoms with Crippen LogP contribution in [-0.4, -0.2) is 15.6 Å². The number of benzene rings is 1. The van der Waals surface area contributed by atoms with E-state index in [0.717, 1.165) is 16.8 Å². The summed E-state index contributed by atoms with van der Waals surface area (Å²) in [6, 6.07) is 3.13. The molecule has 0 N–H and O–H groups in total. The van der Waals surface area contributed by atoms with Gasteiger partial charge in [-0.1, -0.05) is 18.2 Å². The van der Waals surface area contributed by atoms with Crippen LogP contribution >= 0.6 is 15.9 Å². The van der Waals surface area contributed by atoms with Gasteiger partial charge in [-0.2, -0.15) is 17.6 Å². The molecule has 0 fully saturated rings. The molecular weight excluding hydrogens is 406 g/mol. The number of hydrogen-bond donors (Lipinski definition) is 0. The first-order valence-corrected chi connectivity index (χ1v) is 7.78. The highest BCUT2D eigenvalue weighted by atomic mass is 79.9. The summed E-state index contributed by atoms with van der Waals surface area (Å²) < 4.78 is 53.6. The Labute approximate surface area is 149 Å². The summed E-state index contributed by atoms with van der Waals surface area (Å²) >= 11 is 2.95. The highest BCUT2D eigenvalue weighted by Crippen LogP contribution is 2.37. The van der Waals surface area contributed by atoms with Gasteiger partial charge in [0.1, 0.15) is 5.54 Å². The van der Waals surface area contributed by atoms with E-state index in [0.29, 0.717) is 0 Å². The number of carbonyl (C=O) groups is 1. The minimum absolute atomic E-state index is 0.0779. The molecule has 25 heavy (non-hydrogen) atoms. The summed E-state index contributed by atoms with van der Waals surface area (Å²) in [6.07, 6.45) is -3.71. The molecule has 0 radical (unpaired) electrons. The Bertz CT molecular complexity index is 846. The number of carbonyl (C=O) groups excluding carboxylic acids is 1. The van der Waals surface area contributed by atoms with Crippen molar-refractivity contribution < 1.29 is 22.4 Å². The van der Waals surface area contributed by atoms with E-state index < -0.39 is 34.7 Å². The van der Waals surface area contributed by atoms with Crippen molar-refractivity contribution >= 4 is 27.4 Å². The van der Waals surface area contributed by atoms with Crippen molar-refractivity contribution in [2.45, 2.75) is 32.0 Å². The number of rotatable bonds is 4. The Morgan fingerprint density at radius 2 is 2.00 bits per heavy atom. The van der Waals surface area contributed by atoms with Gasteiger partial charge in [-0.3, -0.25) is 9.48 Å². The maximum atomic E-state index is 13.4. The fraction of sp³-hybridized carbons (Fsp3) is 0.312. The van der Waals surface area contributed by atoms with Crippen molar-refractivity contribution in [3.05, 3.63) is 57.4 Å². The molecule has 0 aliphatic carbocycles. The van der Waals surface area contributed by atoms with Crippen molar-refractivity contribution in [1.82, 2.24) is 9.78 Å². The second-order valence-electron chi connectivity index (χ2n) is 5.83. The van der Waals surface area contributed by atoms with Crippen LogP contribution in [0.25, 0.3) is 4.85 Å². The Morgan fingerprint density at radius 1 is 1.36 bits per heavy atom. The predicted octanol–water partition coefficient (Wildman–Crippen LogP) is 4.90. The van der Waals surface area contributed by atoms with Gasteiger partial charge in [0.15, 0.2) is 11.5 Å². The fourth-order valence-electron chi connectivity index (χ4n) is 2.17. The third kappa shape index (κ3) is 3.90. The molecule has 0 aliphatic heterocycles. The molecule has 0 unspecified atom stereocenters. The van der Waals surface area contributed by atoms with E-state index in [2.05, 4.69) is 25.9 Å². The van der Waals surface area contributed by atoms with E-state index in [9.17, 15) is 22.4 Å². The van der Waals surface area contributed by atoms with Crippen molar-refractivity contribution in [2.75, 3.05) is 0 Å². The van der Waals surface area contributed by atoms with Crippen molar-refractivity contribution in [1.29, 1.82) is 0 Å². The van der Waals surface area contributed by atoms with Crippen LogP contribution in [0.2, 0.25) is 0 Å². The first-order valence-electron chi connectivity index (χ1n) is 6.99. The lowest BCUT2D eigenvalue weighted by atomic mass is 9.93. The van der Waals surface area contributed by atoms with Gasteiger partial charge in [0.05, 0.1) is 16.6 Å². The van der Waals surface area contributed by atoms with Gasteiger partial charge in [0.2, 0.25) is 5.95 Å². The molecule has 0 bridgehead atoms. The number of hydrogen-bond acceptors (Lipinski definition) is 2. The molecule has 1 aromatic carbocycles. The summed E-state index contributed by atoms with van der Waals surface area (Å²) in [6.45, 7) is 9.80. The molecular formula is C16H12BrF4N3O. The van der Waals surface area contributed by atoms with Crippen LogP contribution in [0.5, 0.6) is 0 Å². The molecule has 2 aromatic rings. The first-order chi connectivity index (χ1) is 11.5. The Kier molecular flexibility index (Phi) is 5.04. The largest absolute Gasteiger partial charge is 0.407 e. The topological polar surface area (TPSA) is 39.2 Å². The first kappa shape index (κ1) is 19.1. The van der Waals surface area contributed by atoms with Crippen molar-refractivity contribution in [3.8, 4) is 0 Å². The molecule has 0 aliphatic rings. The van der Waals surface area contributed by atoms with Gasteiger partial charge >= 0.3 is 6.18 Å². The average Bonchev–Trinajstić information content (AvgIpc) is 2.86. The molecule has 0 amide bonds. The maximum absolute atomic E-state index is 13.4. The second kappa shape index (κ2) is 6.59. The number of alkyl halides is 3. The number of Topliss-reactive ketones (excluding diaryl/α,β-unsaturated/α-hetero) is 1. The van der Waals surface area contributed by atoms with E-state index in [1.807, 2.05) is 0 Å². The lowest BCUT2D eigenvalue weighted by Crippen LogP contribution is -2.37. The van der Waals surface area contributed by atoms with Crippen LogP contribution in [0.4, 0.5) is 23.2 Å². The molecule has 9 heteroatoms. The molecule has 2 rings (SSSR count). The van der Waals surface area contributed by atoms with E-state index in [1.165, 1.54) is 26.1 Å². The van der Waals surface area contributed by atoms with E-state index in [-0.39, 0.29) is 16.5 Å². The third-order valence-electron chi connectivity index (χ3n) is 3.73. The summed E-state index contributed by atoms with van der Waals surface area (Å²) in [5, 5.41) is 3.59. The smallest absolute Gasteiger partial charge is 0.297 e. The van der Waals surface area contributed by atoms with Gasteiger partial charge in [0.25, 0.3) is 0 Å². The van der Waals surface area contributed by atoms with Gasteiger partial charge in [-0.25, -0.2) is 4.85 Å². The van der Waals surface area contributed by atoms with Crippen LogP contribution in [-0.2, 0) is 22.9 Å². The summed E-state index contributed by atoms with van der Waals surface area (Å²) in [7, 11) is 0. The molecule has 0 saturated heterocycles. The van der Waals surface area contributed by atoms with E-state index in [1.54, 1.807) is 0 Å². The number of ketones is 1. The zero-order chi connectivity index (χ0) is 19.0. The zero-order valence-corrected chi connectivity index (χ0v) is 14.7. The van der Waals surface area contributed by atoms with Crippen LogP contribution < -0.4 is 0 Å². The van der Waals surface area contributed by atoms with E-state index in [4.69, 9.17) is 6.57 Å². The van der Waals surface area contributed by atoms with Gasteiger partial charge in [-0.15, -0.1) is 5.10 Å². The second-order valence-corrected chi connectivity index (χ2v) is 6.69. The van der Waals surface area contributed by atoms with E-state index >= 15 is 0 Å². The lowest BCUT2D eigenvalue weighted by molar-refractivity contribution is -0.137. The van der Waals surface area contributed by atoms with Crippen LogP contribution in [0.3, 0.4) is 0 Å². The molecule has 1 aromatic heterocycles. The van der Waals surface area contributed by atoms with Gasteiger partial charge < -0.3 is 0 Å². The highest BCUT2D eigenvalue weighted by Gasteiger charge is 2.35. The highest BCUT2D eigenvalue weighted by molar-refractivity contribution is 9.10. The van der Waals surface area contributed by atoms with Gasteiger partial charge in [-0.05, 0) is 35.3 Å². The monoisotopic (exact) mass is 417 g/mol. The number of aromatic nitrogens is 2.